The lowest BCUT2D eigenvalue weighted by molar-refractivity contribution is 0.0782. The molecular weight excluding hydrogens is 398 g/mol. The summed E-state index contributed by atoms with van der Waals surface area (Å²) in [7, 11) is 1.75. The first-order valence-electron chi connectivity index (χ1n) is 7.74. The van der Waals surface area contributed by atoms with Crippen LogP contribution in [0, 0.1) is 0 Å². The van der Waals surface area contributed by atoms with Crippen LogP contribution in [0.15, 0.2) is 70.5 Å². The first-order valence-corrected chi connectivity index (χ1v) is 9.35. The highest BCUT2D eigenvalue weighted by Gasteiger charge is 2.20. The standard InChI is InChI=1S/C20H16BrNO2S/c1-22(13-15-11-12-18(21)25-15)20(24)17-10-6-5-9-16(17)19(23)14-7-3-2-4-8-14/h2-12H,13H2,1H3. The molecule has 1 heterocycles. The molecule has 3 rings (SSSR count). The van der Waals surface area contributed by atoms with Gasteiger partial charge in [0.15, 0.2) is 5.78 Å². The summed E-state index contributed by atoms with van der Waals surface area (Å²) in [6.07, 6.45) is 0. The minimum absolute atomic E-state index is 0.142. The Bertz CT molecular complexity index is 905. The summed E-state index contributed by atoms with van der Waals surface area (Å²) in [4.78, 5) is 28.4. The maximum atomic E-state index is 12.9. The van der Waals surface area contributed by atoms with E-state index in [1.165, 1.54) is 0 Å². The third-order valence-corrected chi connectivity index (χ3v) is 5.42. The van der Waals surface area contributed by atoms with Gasteiger partial charge in [0.2, 0.25) is 0 Å². The third kappa shape index (κ3) is 4.06. The first-order chi connectivity index (χ1) is 12.1. The molecule has 0 spiro atoms. The van der Waals surface area contributed by atoms with Crippen molar-refractivity contribution in [1.82, 2.24) is 4.90 Å². The van der Waals surface area contributed by atoms with Gasteiger partial charge in [0.25, 0.3) is 5.91 Å². The predicted octanol–water partition coefficient (Wildman–Crippen LogP) is 5.01. The average Bonchev–Trinajstić information content (AvgIpc) is 3.06. The molecule has 3 nitrogen and oxygen atoms in total. The fourth-order valence-electron chi connectivity index (χ4n) is 2.56. The zero-order valence-electron chi connectivity index (χ0n) is 13.6. The lowest BCUT2D eigenvalue weighted by Crippen LogP contribution is -2.27. The van der Waals surface area contributed by atoms with Crippen LogP contribution < -0.4 is 0 Å². The first kappa shape index (κ1) is 17.6. The van der Waals surface area contributed by atoms with Gasteiger partial charge in [-0.25, -0.2) is 0 Å². The number of amides is 1. The van der Waals surface area contributed by atoms with Gasteiger partial charge >= 0.3 is 0 Å². The van der Waals surface area contributed by atoms with E-state index in [0.29, 0.717) is 23.2 Å². The molecule has 0 aliphatic carbocycles. The van der Waals surface area contributed by atoms with E-state index in [2.05, 4.69) is 15.9 Å². The van der Waals surface area contributed by atoms with Gasteiger partial charge in [0.1, 0.15) is 0 Å². The average molecular weight is 414 g/mol. The minimum Gasteiger partial charge on any atom is -0.337 e. The largest absolute Gasteiger partial charge is 0.337 e. The van der Waals surface area contributed by atoms with Crippen molar-refractivity contribution < 1.29 is 9.59 Å². The second-order valence-electron chi connectivity index (χ2n) is 5.61. The van der Waals surface area contributed by atoms with Crippen LogP contribution >= 0.6 is 27.3 Å². The third-order valence-electron chi connectivity index (χ3n) is 3.81. The maximum Gasteiger partial charge on any atom is 0.254 e. The number of rotatable bonds is 5. The number of hydrogen-bond acceptors (Lipinski definition) is 3. The van der Waals surface area contributed by atoms with Gasteiger partial charge in [-0.1, -0.05) is 48.5 Å². The second-order valence-corrected chi connectivity index (χ2v) is 8.16. The molecule has 25 heavy (non-hydrogen) atoms. The van der Waals surface area contributed by atoms with Crippen molar-refractivity contribution in [1.29, 1.82) is 0 Å². The molecule has 3 aromatic rings. The summed E-state index contributed by atoms with van der Waals surface area (Å²) in [5, 5.41) is 0. The zero-order valence-corrected chi connectivity index (χ0v) is 16.0. The molecule has 0 aliphatic rings. The minimum atomic E-state index is -0.163. The van der Waals surface area contributed by atoms with Crippen molar-refractivity contribution in [3.63, 3.8) is 0 Å². The molecule has 0 unspecified atom stereocenters. The summed E-state index contributed by atoms with van der Waals surface area (Å²) in [5.41, 5.74) is 1.43. The van der Waals surface area contributed by atoms with Gasteiger partial charge in [-0.05, 0) is 34.1 Å². The van der Waals surface area contributed by atoms with Crippen LogP contribution in [0.2, 0.25) is 0 Å². The van der Waals surface area contributed by atoms with Gasteiger partial charge in [-0.2, -0.15) is 0 Å². The van der Waals surface area contributed by atoms with Crippen LogP contribution in [0.3, 0.4) is 0 Å². The number of halogens is 1. The van der Waals surface area contributed by atoms with E-state index in [-0.39, 0.29) is 11.7 Å². The Kier molecular flexibility index (Phi) is 5.46. The van der Waals surface area contributed by atoms with Crippen LogP contribution in [-0.4, -0.2) is 23.6 Å². The Morgan fingerprint density at radius 3 is 2.20 bits per heavy atom. The van der Waals surface area contributed by atoms with Crippen LogP contribution in [0.1, 0.15) is 31.2 Å². The molecule has 5 heteroatoms. The quantitative estimate of drug-likeness (QED) is 0.551. The van der Waals surface area contributed by atoms with Crippen LogP contribution in [0.5, 0.6) is 0 Å². The number of nitrogens with zero attached hydrogens (tertiary/aromatic N) is 1. The van der Waals surface area contributed by atoms with Gasteiger partial charge in [0, 0.05) is 23.1 Å². The van der Waals surface area contributed by atoms with Crippen LogP contribution in [0.25, 0.3) is 0 Å². The molecular formula is C20H16BrNO2S. The summed E-state index contributed by atoms with van der Waals surface area (Å²) in [6, 6.07) is 19.9. The lowest BCUT2D eigenvalue weighted by atomic mass is 9.97. The Balaban J connectivity index is 1.87. The highest BCUT2D eigenvalue weighted by Crippen LogP contribution is 2.24. The van der Waals surface area contributed by atoms with Gasteiger partial charge < -0.3 is 4.90 Å². The predicted molar refractivity (Wildman–Crippen MR) is 104 cm³/mol. The Hall–Kier alpha value is -2.24. The van der Waals surface area contributed by atoms with Crippen molar-refractivity contribution in [2.45, 2.75) is 6.54 Å². The van der Waals surface area contributed by atoms with E-state index in [4.69, 9.17) is 0 Å². The summed E-state index contributed by atoms with van der Waals surface area (Å²) < 4.78 is 1.03. The van der Waals surface area contributed by atoms with E-state index < -0.39 is 0 Å². The number of thiophene rings is 1. The SMILES string of the molecule is CN(Cc1ccc(Br)s1)C(=O)c1ccccc1C(=O)c1ccccc1. The van der Waals surface area contributed by atoms with Crippen molar-refractivity contribution in [2.24, 2.45) is 0 Å². The number of carbonyl (C=O) groups is 2. The van der Waals surface area contributed by atoms with E-state index in [0.717, 1.165) is 8.66 Å². The number of benzene rings is 2. The van der Waals surface area contributed by atoms with Crippen molar-refractivity contribution >= 4 is 39.0 Å². The molecule has 0 N–H and O–H groups in total. The van der Waals surface area contributed by atoms with Gasteiger partial charge in [-0.3, -0.25) is 9.59 Å². The Morgan fingerprint density at radius 2 is 1.56 bits per heavy atom. The summed E-state index contributed by atoms with van der Waals surface area (Å²) in [6.45, 7) is 0.503. The van der Waals surface area contributed by atoms with E-state index in [9.17, 15) is 9.59 Å². The molecule has 0 radical (unpaired) electrons. The van der Waals surface area contributed by atoms with E-state index in [1.807, 2.05) is 30.3 Å². The fourth-order valence-corrected chi connectivity index (χ4v) is 4.10. The van der Waals surface area contributed by atoms with Crippen LogP contribution in [-0.2, 0) is 6.54 Å². The fraction of sp³-hybridized carbons (Fsp3) is 0.100. The molecule has 2 aromatic carbocycles. The highest BCUT2D eigenvalue weighted by atomic mass is 79.9. The smallest absolute Gasteiger partial charge is 0.254 e. The molecule has 0 fully saturated rings. The number of carbonyl (C=O) groups excluding carboxylic acids is 2. The molecule has 0 bridgehead atoms. The molecule has 0 saturated heterocycles. The molecule has 0 saturated carbocycles. The zero-order chi connectivity index (χ0) is 17.8. The van der Waals surface area contributed by atoms with Gasteiger partial charge in [-0.15, -0.1) is 11.3 Å². The number of ketones is 1. The van der Waals surface area contributed by atoms with Crippen molar-refractivity contribution in [3.8, 4) is 0 Å². The monoisotopic (exact) mass is 413 g/mol. The topological polar surface area (TPSA) is 37.4 Å². The molecule has 1 aromatic heterocycles. The Labute approximate surface area is 159 Å². The van der Waals surface area contributed by atoms with E-state index in [1.54, 1.807) is 59.7 Å². The molecule has 0 aliphatic heterocycles. The molecule has 1 amide bonds. The van der Waals surface area contributed by atoms with Crippen molar-refractivity contribution in [3.05, 3.63) is 92.1 Å². The molecule has 0 atom stereocenters. The summed E-state index contributed by atoms with van der Waals surface area (Å²) >= 11 is 5.02. The summed E-state index contributed by atoms with van der Waals surface area (Å²) in [5.74, 6) is -0.304. The van der Waals surface area contributed by atoms with E-state index >= 15 is 0 Å². The Morgan fingerprint density at radius 1 is 0.920 bits per heavy atom. The second kappa shape index (κ2) is 7.76. The highest BCUT2D eigenvalue weighted by molar-refractivity contribution is 9.11. The van der Waals surface area contributed by atoms with Crippen molar-refractivity contribution in [2.75, 3.05) is 7.05 Å². The van der Waals surface area contributed by atoms with Gasteiger partial charge in [0.05, 0.1) is 15.9 Å². The normalized spacial score (nSPS) is 10.5. The molecule has 126 valence electrons. The maximum absolute atomic E-state index is 12.9. The number of hydrogen-bond donors (Lipinski definition) is 0. The van der Waals surface area contributed by atoms with Crippen LogP contribution in [0.4, 0.5) is 0 Å². The lowest BCUT2D eigenvalue weighted by Gasteiger charge is -2.18.